The van der Waals surface area contributed by atoms with Crippen molar-refractivity contribution in [2.45, 2.75) is 11.8 Å². The van der Waals surface area contributed by atoms with Crippen LogP contribution in [0.15, 0.2) is 53.0 Å². The molecule has 0 N–H and O–H groups in total. The summed E-state index contributed by atoms with van der Waals surface area (Å²) >= 11 is 6.98. The van der Waals surface area contributed by atoms with E-state index in [1.165, 1.54) is 16.7 Å². The molecule has 0 saturated carbocycles. The molecule has 2 aromatic carbocycles. The molecule has 0 fully saturated rings. The SMILES string of the molecule is BrCc1ccccc1Cc1ccc(Br)cc1. The van der Waals surface area contributed by atoms with Crippen LogP contribution in [-0.4, -0.2) is 0 Å². The summed E-state index contributed by atoms with van der Waals surface area (Å²) in [6.07, 6.45) is 0.995. The quantitative estimate of drug-likeness (QED) is 0.695. The summed E-state index contributed by atoms with van der Waals surface area (Å²) in [7, 11) is 0. The van der Waals surface area contributed by atoms with Crippen LogP contribution in [0.2, 0.25) is 0 Å². The zero-order chi connectivity index (χ0) is 11.4. The first kappa shape index (κ1) is 11.9. The number of alkyl halides is 1. The molecule has 0 unspecified atom stereocenters. The van der Waals surface area contributed by atoms with Crippen molar-refractivity contribution >= 4 is 31.9 Å². The highest BCUT2D eigenvalue weighted by molar-refractivity contribution is 9.10. The van der Waals surface area contributed by atoms with E-state index in [9.17, 15) is 0 Å². The van der Waals surface area contributed by atoms with E-state index in [1.54, 1.807) is 0 Å². The average Bonchev–Trinajstić information content (AvgIpc) is 2.33. The highest BCUT2D eigenvalue weighted by Gasteiger charge is 2.01. The molecule has 0 radical (unpaired) electrons. The van der Waals surface area contributed by atoms with Gasteiger partial charge in [-0.1, -0.05) is 68.3 Å². The Labute approximate surface area is 113 Å². The number of benzene rings is 2. The molecule has 0 amide bonds. The Morgan fingerprint density at radius 3 is 2.06 bits per heavy atom. The van der Waals surface area contributed by atoms with Crippen LogP contribution in [0, 0.1) is 0 Å². The van der Waals surface area contributed by atoms with Gasteiger partial charge in [-0.15, -0.1) is 0 Å². The third-order valence-corrected chi connectivity index (χ3v) is 3.70. The van der Waals surface area contributed by atoms with E-state index in [0.717, 1.165) is 16.2 Å². The monoisotopic (exact) mass is 338 g/mol. The van der Waals surface area contributed by atoms with Gasteiger partial charge in [0.15, 0.2) is 0 Å². The lowest BCUT2D eigenvalue weighted by Gasteiger charge is -2.07. The van der Waals surface area contributed by atoms with E-state index in [0.29, 0.717) is 0 Å². The van der Waals surface area contributed by atoms with Crippen molar-refractivity contribution in [3.8, 4) is 0 Å². The van der Waals surface area contributed by atoms with Crippen molar-refractivity contribution in [2.75, 3.05) is 0 Å². The molecule has 2 heteroatoms. The van der Waals surface area contributed by atoms with Crippen molar-refractivity contribution in [3.05, 3.63) is 69.7 Å². The third-order valence-electron chi connectivity index (χ3n) is 2.57. The van der Waals surface area contributed by atoms with Gasteiger partial charge in [-0.2, -0.15) is 0 Å². The lowest BCUT2D eigenvalue weighted by Crippen LogP contribution is -1.92. The maximum atomic E-state index is 3.53. The number of halogens is 2. The molecule has 0 nitrogen and oxygen atoms in total. The minimum absolute atomic E-state index is 0.916. The summed E-state index contributed by atoms with van der Waals surface area (Å²) in [6, 6.07) is 17.0. The first-order chi connectivity index (χ1) is 7.79. The van der Waals surface area contributed by atoms with Crippen LogP contribution in [0.1, 0.15) is 16.7 Å². The Morgan fingerprint density at radius 1 is 0.812 bits per heavy atom. The lowest BCUT2D eigenvalue weighted by molar-refractivity contribution is 1.15. The summed E-state index contributed by atoms with van der Waals surface area (Å²) in [5.74, 6) is 0. The number of rotatable bonds is 3. The fourth-order valence-electron chi connectivity index (χ4n) is 1.68. The molecular formula is C14H12Br2. The van der Waals surface area contributed by atoms with Gasteiger partial charge in [0.1, 0.15) is 0 Å². The van der Waals surface area contributed by atoms with Crippen molar-refractivity contribution < 1.29 is 0 Å². The van der Waals surface area contributed by atoms with E-state index in [4.69, 9.17) is 0 Å². The van der Waals surface area contributed by atoms with E-state index in [1.807, 2.05) is 0 Å². The molecule has 16 heavy (non-hydrogen) atoms. The highest BCUT2D eigenvalue weighted by atomic mass is 79.9. The fraction of sp³-hybridized carbons (Fsp3) is 0.143. The van der Waals surface area contributed by atoms with Gasteiger partial charge in [-0.25, -0.2) is 0 Å². The van der Waals surface area contributed by atoms with E-state index in [2.05, 4.69) is 80.4 Å². The Morgan fingerprint density at radius 2 is 1.44 bits per heavy atom. The number of hydrogen-bond donors (Lipinski definition) is 0. The van der Waals surface area contributed by atoms with E-state index in [-0.39, 0.29) is 0 Å². The smallest absolute Gasteiger partial charge is 0.0285 e. The predicted octanol–water partition coefficient (Wildman–Crippen LogP) is 4.93. The second-order valence-electron chi connectivity index (χ2n) is 3.71. The summed E-state index contributed by atoms with van der Waals surface area (Å²) in [5.41, 5.74) is 4.10. The van der Waals surface area contributed by atoms with Crippen LogP contribution in [0.5, 0.6) is 0 Å². The first-order valence-corrected chi connectivity index (χ1v) is 7.08. The predicted molar refractivity (Wildman–Crippen MR) is 76.0 cm³/mol. The maximum absolute atomic E-state index is 3.53. The largest absolute Gasteiger partial charge is 0.0876 e. The standard InChI is InChI=1S/C14H12Br2/c15-10-13-4-2-1-3-12(13)9-11-5-7-14(16)8-6-11/h1-8H,9-10H2. The van der Waals surface area contributed by atoms with Gasteiger partial charge in [-0.3, -0.25) is 0 Å². The molecule has 0 aliphatic rings. The molecule has 0 aromatic heterocycles. The van der Waals surface area contributed by atoms with Gasteiger partial charge < -0.3 is 0 Å². The molecule has 0 aliphatic heterocycles. The molecule has 2 rings (SSSR count). The summed E-state index contributed by atoms with van der Waals surface area (Å²) in [6.45, 7) is 0. The first-order valence-electron chi connectivity index (χ1n) is 5.17. The van der Waals surface area contributed by atoms with Crippen LogP contribution in [0.25, 0.3) is 0 Å². The minimum atomic E-state index is 0.916. The van der Waals surface area contributed by atoms with Crippen molar-refractivity contribution in [1.82, 2.24) is 0 Å². The minimum Gasteiger partial charge on any atom is -0.0876 e. The van der Waals surface area contributed by atoms with Crippen LogP contribution in [0.3, 0.4) is 0 Å². The second kappa shape index (κ2) is 5.65. The molecule has 0 heterocycles. The van der Waals surface area contributed by atoms with Gasteiger partial charge in [0.25, 0.3) is 0 Å². The molecule has 0 atom stereocenters. The van der Waals surface area contributed by atoms with Crippen LogP contribution >= 0.6 is 31.9 Å². The van der Waals surface area contributed by atoms with Gasteiger partial charge in [0.2, 0.25) is 0 Å². The van der Waals surface area contributed by atoms with Crippen LogP contribution in [-0.2, 0) is 11.8 Å². The Hall–Kier alpha value is -0.600. The van der Waals surface area contributed by atoms with E-state index < -0.39 is 0 Å². The molecule has 0 saturated heterocycles. The Bertz CT molecular complexity index is 460. The molecular weight excluding hydrogens is 328 g/mol. The summed E-state index contributed by atoms with van der Waals surface area (Å²) < 4.78 is 1.13. The molecule has 0 bridgehead atoms. The maximum Gasteiger partial charge on any atom is 0.0285 e. The number of hydrogen-bond acceptors (Lipinski definition) is 0. The summed E-state index contributed by atoms with van der Waals surface area (Å²) in [4.78, 5) is 0. The fourth-order valence-corrected chi connectivity index (χ4v) is 2.49. The van der Waals surface area contributed by atoms with E-state index >= 15 is 0 Å². The topological polar surface area (TPSA) is 0 Å². The molecule has 0 spiro atoms. The zero-order valence-corrected chi connectivity index (χ0v) is 12.0. The van der Waals surface area contributed by atoms with Crippen LogP contribution < -0.4 is 0 Å². The second-order valence-corrected chi connectivity index (χ2v) is 5.18. The highest BCUT2D eigenvalue weighted by Crippen LogP contribution is 2.18. The Balaban J connectivity index is 2.23. The molecule has 0 aliphatic carbocycles. The van der Waals surface area contributed by atoms with Crippen LogP contribution in [0.4, 0.5) is 0 Å². The van der Waals surface area contributed by atoms with Gasteiger partial charge in [0, 0.05) is 9.80 Å². The normalized spacial score (nSPS) is 10.4. The van der Waals surface area contributed by atoms with Gasteiger partial charge in [0.05, 0.1) is 0 Å². The summed E-state index contributed by atoms with van der Waals surface area (Å²) in [5, 5.41) is 0.916. The lowest BCUT2D eigenvalue weighted by atomic mass is 10.0. The van der Waals surface area contributed by atoms with Gasteiger partial charge in [-0.05, 0) is 35.2 Å². The van der Waals surface area contributed by atoms with Gasteiger partial charge >= 0.3 is 0 Å². The molecule has 2 aromatic rings. The van der Waals surface area contributed by atoms with Crippen molar-refractivity contribution in [3.63, 3.8) is 0 Å². The zero-order valence-electron chi connectivity index (χ0n) is 8.79. The van der Waals surface area contributed by atoms with Crippen molar-refractivity contribution in [1.29, 1.82) is 0 Å². The average molecular weight is 340 g/mol. The van der Waals surface area contributed by atoms with Crippen molar-refractivity contribution in [2.24, 2.45) is 0 Å². The molecule has 82 valence electrons. The Kier molecular flexibility index (Phi) is 4.19. The third kappa shape index (κ3) is 2.96.